The van der Waals surface area contributed by atoms with Crippen molar-refractivity contribution in [3.63, 3.8) is 0 Å². The molecule has 94 valence electrons. The summed E-state index contributed by atoms with van der Waals surface area (Å²) in [6.07, 6.45) is -1.71. The fraction of sp³-hybridized carbons (Fsp3) is 0.727. The number of hydrogen-bond donors (Lipinski definition) is 2. The van der Waals surface area contributed by atoms with Crippen molar-refractivity contribution < 1.29 is 19.5 Å². The molecule has 0 aromatic heterocycles. The van der Waals surface area contributed by atoms with Crippen molar-refractivity contribution in [2.75, 3.05) is 33.1 Å². The highest BCUT2D eigenvalue weighted by molar-refractivity contribution is 6.18. The van der Waals surface area contributed by atoms with E-state index in [0.29, 0.717) is 16.6 Å². The number of nitrogens with zero attached hydrogens (tertiary/aromatic N) is 1. The van der Waals surface area contributed by atoms with Gasteiger partial charge in [0.1, 0.15) is 19.2 Å². The van der Waals surface area contributed by atoms with Crippen molar-refractivity contribution in [2.24, 2.45) is 0 Å². The number of aliphatic hydroxyl groups excluding tert-OH is 2. The quantitative estimate of drug-likeness (QED) is 0.385. The second-order valence-corrected chi connectivity index (χ2v) is 5.08. The Kier molecular flexibility index (Phi) is 6.18. The average Bonchev–Trinajstić information content (AvgIpc) is 2.14. The molecule has 5 heteroatoms. The number of aliphatic hydroxyl groups is 2. The summed E-state index contributed by atoms with van der Waals surface area (Å²) in [4.78, 5) is 11.4. The fourth-order valence-corrected chi connectivity index (χ4v) is 1.63. The van der Waals surface area contributed by atoms with Gasteiger partial charge in [0.15, 0.2) is 11.9 Å². The van der Waals surface area contributed by atoms with Crippen LogP contribution in [0, 0.1) is 0 Å². The lowest BCUT2D eigenvalue weighted by Crippen LogP contribution is -2.51. The number of halogens is 1. The normalized spacial score (nSPS) is 15.6. The minimum absolute atomic E-state index is 0.145. The zero-order chi connectivity index (χ0) is 12.9. The molecule has 0 aliphatic heterocycles. The Morgan fingerprint density at radius 3 is 2.25 bits per heavy atom. The molecule has 0 aromatic carbocycles. The molecule has 0 spiro atoms. The first kappa shape index (κ1) is 15.6. The second kappa shape index (κ2) is 6.35. The second-order valence-electron chi connectivity index (χ2n) is 4.77. The van der Waals surface area contributed by atoms with Gasteiger partial charge < -0.3 is 14.7 Å². The number of hydrogen-bond acceptors (Lipinski definition) is 3. The Hall–Kier alpha value is -0.420. The molecule has 2 unspecified atom stereocenters. The Labute approximate surface area is 102 Å². The van der Waals surface area contributed by atoms with E-state index in [0.717, 1.165) is 0 Å². The SMILES string of the molecule is C=C(C)C(=O)C(O)C[N+](C)(C)CC(O)CCl. The van der Waals surface area contributed by atoms with Crippen LogP contribution < -0.4 is 0 Å². The van der Waals surface area contributed by atoms with Crippen LogP contribution >= 0.6 is 11.6 Å². The highest BCUT2D eigenvalue weighted by Gasteiger charge is 2.27. The third-order valence-corrected chi connectivity index (χ3v) is 2.63. The Morgan fingerprint density at radius 2 is 1.88 bits per heavy atom. The first-order chi connectivity index (χ1) is 7.19. The van der Waals surface area contributed by atoms with Crippen LogP contribution in [0.3, 0.4) is 0 Å². The van der Waals surface area contributed by atoms with Crippen molar-refractivity contribution in [3.05, 3.63) is 12.2 Å². The number of rotatable bonds is 7. The summed E-state index contributed by atoms with van der Waals surface area (Å²) in [7, 11) is 3.65. The number of Topliss-reactive ketones (excluding diaryl/α,β-unsaturated/α-hetero) is 1. The third kappa shape index (κ3) is 5.61. The van der Waals surface area contributed by atoms with Crippen molar-refractivity contribution in [1.29, 1.82) is 0 Å². The maximum absolute atomic E-state index is 11.4. The topological polar surface area (TPSA) is 57.5 Å². The first-order valence-corrected chi connectivity index (χ1v) is 5.67. The van der Waals surface area contributed by atoms with Gasteiger partial charge in [0, 0.05) is 0 Å². The van der Waals surface area contributed by atoms with Gasteiger partial charge in [-0.2, -0.15) is 0 Å². The van der Waals surface area contributed by atoms with Gasteiger partial charge >= 0.3 is 0 Å². The minimum atomic E-state index is -1.07. The molecule has 2 atom stereocenters. The number of carbonyl (C=O) groups is 1. The molecule has 4 nitrogen and oxygen atoms in total. The van der Waals surface area contributed by atoms with Crippen LogP contribution in [-0.2, 0) is 4.79 Å². The van der Waals surface area contributed by atoms with E-state index in [1.54, 1.807) is 6.92 Å². The van der Waals surface area contributed by atoms with E-state index in [2.05, 4.69) is 6.58 Å². The van der Waals surface area contributed by atoms with E-state index >= 15 is 0 Å². The summed E-state index contributed by atoms with van der Waals surface area (Å²) in [6.45, 7) is 5.69. The predicted octanol–water partition coefficient (Wildman–Crippen LogP) is 0.169. The molecule has 0 heterocycles. The van der Waals surface area contributed by atoms with E-state index in [4.69, 9.17) is 11.6 Å². The molecular formula is C11H21ClNO3+. The molecule has 0 aliphatic carbocycles. The van der Waals surface area contributed by atoms with Crippen LogP contribution in [0.25, 0.3) is 0 Å². The van der Waals surface area contributed by atoms with Crippen LogP contribution in [0.4, 0.5) is 0 Å². The largest absolute Gasteiger partial charge is 0.386 e. The minimum Gasteiger partial charge on any atom is -0.386 e. The highest BCUT2D eigenvalue weighted by atomic mass is 35.5. The third-order valence-electron chi connectivity index (χ3n) is 2.27. The van der Waals surface area contributed by atoms with Crippen molar-refractivity contribution in [3.8, 4) is 0 Å². The zero-order valence-corrected chi connectivity index (χ0v) is 10.9. The van der Waals surface area contributed by atoms with E-state index in [-0.39, 0.29) is 18.2 Å². The fourth-order valence-electron chi connectivity index (χ4n) is 1.53. The summed E-state index contributed by atoms with van der Waals surface area (Å²) in [5.74, 6) is -0.210. The maximum Gasteiger partial charge on any atom is 0.192 e. The van der Waals surface area contributed by atoms with Gasteiger partial charge in [-0.1, -0.05) is 6.58 Å². The molecule has 0 rings (SSSR count). The summed E-state index contributed by atoms with van der Waals surface area (Å²) >= 11 is 5.50. The molecule has 0 radical (unpaired) electrons. The number of alkyl halides is 1. The monoisotopic (exact) mass is 250 g/mol. The number of likely N-dealkylation sites (N-methyl/N-ethyl adjacent to an activating group) is 1. The van der Waals surface area contributed by atoms with Gasteiger partial charge in [-0.25, -0.2) is 0 Å². The van der Waals surface area contributed by atoms with Gasteiger partial charge in [-0.3, -0.25) is 4.79 Å². The lowest BCUT2D eigenvalue weighted by Gasteiger charge is -2.32. The van der Waals surface area contributed by atoms with Gasteiger partial charge in [0.25, 0.3) is 0 Å². The Morgan fingerprint density at radius 1 is 1.38 bits per heavy atom. The predicted molar refractivity (Wildman–Crippen MR) is 64.4 cm³/mol. The molecule has 0 aliphatic rings. The van der Waals surface area contributed by atoms with Crippen molar-refractivity contribution >= 4 is 17.4 Å². The number of carbonyl (C=O) groups excluding carboxylic acids is 1. The van der Waals surface area contributed by atoms with Crippen LogP contribution in [-0.4, -0.2) is 65.8 Å². The Bertz CT molecular complexity index is 266. The van der Waals surface area contributed by atoms with E-state index < -0.39 is 12.2 Å². The maximum atomic E-state index is 11.4. The van der Waals surface area contributed by atoms with Gasteiger partial charge in [-0.05, 0) is 12.5 Å². The molecule has 0 saturated carbocycles. The molecule has 0 saturated heterocycles. The highest BCUT2D eigenvalue weighted by Crippen LogP contribution is 2.06. The zero-order valence-electron chi connectivity index (χ0n) is 10.1. The van der Waals surface area contributed by atoms with Crippen LogP contribution in [0.5, 0.6) is 0 Å². The van der Waals surface area contributed by atoms with Crippen LogP contribution in [0.15, 0.2) is 12.2 Å². The van der Waals surface area contributed by atoms with Crippen molar-refractivity contribution in [1.82, 2.24) is 0 Å². The van der Waals surface area contributed by atoms with Gasteiger partial charge in [0.05, 0.1) is 20.0 Å². The lowest BCUT2D eigenvalue weighted by molar-refractivity contribution is -0.895. The van der Waals surface area contributed by atoms with E-state index in [9.17, 15) is 15.0 Å². The summed E-state index contributed by atoms with van der Waals surface area (Å²) in [6, 6.07) is 0. The molecule has 0 bridgehead atoms. The van der Waals surface area contributed by atoms with Gasteiger partial charge in [0.2, 0.25) is 0 Å². The van der Waals surface area contributed by atoms with Crippen LogP contribution in [0.2, 0.25) is 0 Å². The molecule has 0 aromatic rings. The lowest BCUT2D eigenvalue weighted by atomic mass is 10.1. The standard InChI is InChI=1S/C11H21ClNO3/c1-8(2)11(16)10(15)7-13(3,4)6-9(14)5-12/h9-10,14-15H,1,5-7H2,2-4H3/q+1. The molecule has 16 heavy (non-hydrogen) atoms. The molecule has 0 amide bonds. The molecular weight excluding hydrogens is 230 g/mol. The number of ketones is 1. The average molecular weight is 251 g/mol. The first-order valence-electron chi connectivity index (χ1n) is 5.13. The smallest absolute Gasteiger partial charge is 0.192 e. The van der Waals surface area contributed by atoms with Crippen LogP contribution in [0.1, 0.15) is 6.92 Å². The Balaban J connectivity index is 4.35. The van der Waals surface area contributed by atoms with Crippen molar-refractivity contribution in [2.45, 2.75) is 19.1 Å². The van der Waals surface area contributed by atoms with E-state index in [1.165, 1.54) is 0 Å². The summed E-state index contributed by atoms with van der Waals surface area (Å²) in [5, 5.41) is 19.1. The summed E-state index contributed by atoms with van der Waals surface area (Å²) in [5.41, 5.74) is 0.338. The molecule has 2 N–H and O–H groups in total. The van der Waals surface area contributed by atoms with E-state index in [1.807, 2.05) is 14.1 Å². The van der Waals surface area contributed by atoms with Gasteiger partial charge in [-0.15, -0.1) is 11.6 Å². The number of quaternary nitrogens is 1. The molecule has 0 fully saturated rings. The summed E-state index contributed by atoms with van der Waals surface area (Å²) < 4.78 is 0.327.